The summed E-state index contributed by atoms with van der Waals surface area (Å²) >= 11 is 0. The molecule has 1 rings (SSSR count). The van der Waals surface area contributed by atoms with E-state index in [4.69, 9.17) is 0 Å². The van der Waals surface area contributed by atoms with Gasteiger partial charge in [-0.25, -0.2) is 0 Å². The summed E-state index contributed by atoms with van der Waals surface area (Å²) in [5.41, 5.74) is 3.78. The van der Waals surface area contributed by atoms with Crippen molar-refractivity contribution in [3.63, 3.8) is 0 Å². The van der Waals surface area contributed by atoms with Crippen molar-refractivity contribution in [2.45, 2.75) is 20.8 Å². The summed E-state index contributed by atoms with van der Waals surface area (Å²) in [5.74, 6) is 0. The summed E-state index contributed by atoms with van der Waals surface area (Å²) in [6.45, 7) is 6.24. The van der Waals surface area contributed by atoms with Crippen LogP contribution in [-0.2, 0) is 0 Å². The van der Waals surface area contributed by atoms with Gasteiger partial charge >= 0.3 is 0 Å². The predicted molar refractivity (Wildman–Crippen MR) is 63.0 cm³/mol. The third-order valence-corrected chi connectivity index (χ3v) is 1.95. The molecule has 0 radical (unpaired) electrons. The first-order valence-corrected chi connectivity index (χ1v) is 4.85. The molecule has 0 aliphatic heterocycles. The molecule has 0 spiro atoms. The van der Waals surface area contributed by atoms with Gasteiger partial charge < -0.3 is 4.98 Å². The number of aromatic nitrogens is 1. The minimum Gasteiger partial charge on any atom is -0.367 e. The van der Waals surface area contributed by atoms with Crippen molar-refractivity contribution in [1.82, 2.24) is 4.98 Å². The van der Waals surface area contributed by atoms with Crippen molar-refractivity contribution >= 4 is 5.57 Å². The van der Waals surface area contributed by atoms with E-state index in [1.807, 2.05) is 12.4 Å². The van der Waals surface area contributed by atoms with Crippen LogP contribution in [-0.4, -0.2) is 4.98 Å². The molecule has 0 atom stereocenters. The Morgan fingerprint density at radius 3 is 2.64 bits per heavy atom. The van der Waals surface area contributed by atoms with Gasteiger partial charge in [-0.15, -0.1) is 0 Å². The van der Waals surface area contributed by atoms with Crippen LogP contribution in [0.5, 0.6) is 0 Å². The Hall–Kier alpha value is -1.50. The van der Waals surface area contributed by atoms with Crippen molar-refractivity contribution in [3.8, 4) is 0 Å². The van der Waals surface area contributed by atoms with Gasteiger partial charge in [-0.1, -0.05) is 29.9 Å². The molecule has 1 aromatic rings. The number of nitrogens with one attached hydrogen (secondary N) is 1. The lowest BCUT2D eigenvalue weighted by Crippen LogP contribution is -1.74. The molecule has 1 heterocycles. The van der Waals surface area contributed by atoms with Gasteiger partial charge in [0.1, 0.15) is 0 Å². The molecule has 0 bridgehead atoms. The zero-order valence-electron chi connectivity index (χ0n) is 9.04. The quantitative estimate of drug-likeness (QED) is 0.690. The van der Waals surface area contributed by atoms with Crippen molar-refractivity contribution in [3.05, 3.63) is 53.9 Å². The monoisotopic (exact) mass is 187 g/mol. The normalized spacial score (nSPS) is 12.1. The second-order valence-corrected chi connectivity index (χ2v) is 3.45. The van der Waals surface area contributed by atoms with Crippen LogP contribution in [0.1, 0.15) is 26.3 Å². The molecule has 74 valence electrons. The highest BCUT2D eigenvalue weighted by Crippen LogP contribution is 2.14. The highest BCUT2D eigenvalue weighted by molar-refractivity contribution is 5.73. The molecule has 1 nitrogen and oxygen atoms in total. The van der Waals surface area contributed by atoms with Crippen LogP contribution in [0.25, 0.3) is 5.57 Å². The molecule has 0 amide bonds. The Morgan fingerprint density at radius 1 is 1.36 bits per heavy atom. The fourth-order valence-electron chi connectivity index (χ4n) is 1.21. The van der Waals surface area contributed by atoms with Gasteiger partial charge in [0.15, 0.2) is 0 Å². The van der Waals surface area contributed by atoms with Crippen LogP contribution in [0, 0.1) is 0 Å². The summed E-state index contributed by atoms with van der Waals surface area (Å²) in [7, 11) is 0. The largest absolute Gasteiger partial charge is 0.367 e. The highest BCUT2D eigenvalue weighted by Gasteiger charge is 1.94. The highest BCUT2D eigenvalue weighted by atomic mass is 14.6. The SMILES string of the molecule is C/C=C(\C=C/C=C(C)C)c1cc[nH]c1. The van der Waals surface area contributed by atoms with Crippen molar-refractivity contribution < 1.29 is 0 Å². The summed E-state index contributed by atoms with van der Waals surface area (Å²) in [5, 5.41) is 0. The molecule has 0 unspecified atom stereocenters. The molecule has 1 heteroatoms. The van der Waals surface area contributed by atoms with E-state index in [1.54, 1.807) is 0 Å². The average Bonchev–Trinajstić information content (AvgIpc) is 2.64. The number of aromatic amines is 1. The average molecular weight is 187 g/mol. The van der Waals surface area contributed by atoms with Gasteiger partial charge in [-0.3, -0.25) is 0 Å². The Bertz CT molecular complexity index is 347. The van der Waals surface area contributed by atoms with Gasteiger partial charge in [0.2, 0.25) is 0 Å². The van der Waals surface area contributed by atoms with Crippen LogP contribution >= 0.6 is 0 Å². The van der Waals surface area contributed by atoms with Crippen LogP contribution < -0.4 is 0 Å². The van der Waals surface area contributed by atoms with E-state index >= 15 is 0 Å². The molecule has 1 aromatic heterocycles. The Labute approximate surface area is 85.9 Å². The van der Waals surface area contributed by atoms with Gasteiger partial charge in [0.05, 0.1) is 0 Å². The van der Waals surface area contributed by atoms with Gasteiger partial charge in [0, 0.05) is 12.4 Å². The molecule has 1 N–H and O–H groups in total. The molecule has 0 aliphatic carbocycles. The molecule has 0 aliphatic rings. The van der Waals surface area contributed by atoms with Gasteiger partial charge in [0.25, 0.3) is 0 Å². The van der Waals surface area contributed by atoms with Crippen molar-refractivity contribution in [2.24, 2.45) is 0 Å². The molecule has 0 saturated heterocycles. The lowest BCUT2D eigenvalue weighted by atomic mass is 10.1. The molecule has 0 aromatic carbocycles. The smallest absolute Gasteiger partial charge is 0.00840 e. The Morgan fingerprint density at radius 2 is 2.14 bits per heavy atom. The maximum absolute atomic E-state index is 3.05. The fourth-order valence-corrected chi connectivity index (χ4v) is 1.21. The standard InChI is InChI=1S/C13H17N/c1-4-12(7-5-6-11(2)3)13-8-9-14-10-13/h4-10,14H,1-3H3/b7-5-,12-4+. The number of hydrogen-bond donors (Lipinski definition) is 1. The second kappa shape index (κ2) is 5.28. The lowest BCUT2D eigenvalue weighted by Gasteiger charge is -1.95. The van der Waals surface area contributed by atoms with Gasteiger partial charge in [-0.05, 0) is 38.0 Å². The predicted octanol–water partition coefficient (Wildman–Crippen LogP) is 3.94. The van der Waals surface area contributed by atoms with Gasteiger partial charge in [-0.2, -0.15) is 0 Å². The first kappa shape index (κ1) is 10.6. The van der Waals surface area contributed by atoms with E-state index in [-0.39, 0.29) is 0 Å². The number of allylic oxidation sites excluding steroid dienone is 6. The molecular weight excluding hydrogens is 170 g/mol. The van der Waals surface area contributed by atoms with Crippen LogP contribution in [0.2, 0.25) is 0 Å². The van der Waals surface area contributed by atoms with E-state index in [0.29, 0.717) is 0 Å². The van der Waals surface area contributed by atoms with E-state index in [1.165, 1.54) is 16.7 Å². The summed E-state index contributed by atoms with van der Waals surface area (Å²) < 4.78 is 0. The maximum atomic E-state index is 3.05. The topological polar surface area (TPSA) is 15.8 Å². The molecule has 0 fully saturated rings. The first-order chi connectivity index (χ1) is 6.74. The summed E-state index contributed by atoms with van der Waals surface area (Å²) in [6, 6.07) is 2.07. The van der Waals surface area contributed by atoms with Crippen molar-refractivity contribution in [1.29, 1.82) is 0 Å². The van der Waals surface area contributed by atoms with E-state index in [2.05, 4.69) is 56.1 Å². The first-order valence-electron chi connectivity index (χ1n) is 4.85. The number of rotatable bonds is 3. The Kier molecular flexibility index (Phi) is 3.99. The minimum atomic E-state index is 1.23. The van der Waals surface area contributed by atoms with Crippen LogP contribution in [0.4, 0.5) is 0 Å². The zero-order chi connectivity index (χ0) is 10.4. The fraction of sp³-hybridized carbons (Fsp3) is 0.231. The van der Waals surface area contributed by atoms with Crippen LogP contribution in [0.15, 0.2) is 48.3 Å². The van der Waals surface area contributed by atoms with Crippen LogP contribution in [0.3, 0.4) is 0 Å². The van der Waals surface area contributed by atoms with Crippen molar-refractivity contribution in [2.75, 3.05) is 0 Å². The number of hydrogen-bond acceptors (Lipinski definition) is 0. The molecule has 0 saturated carbocycles. The molecule has 14 heavy (non-hydrogen) atoms. The second-order valence-electron chi connectivity index (χ2n) is 3.45. The van der Waals surface area contributed by atoms with E-state index in [9.17, 15) is 0 Å². The summed E-state index contributed by atoms with van der Waals surface area (Å²) in [6.07, 6.45) is 12.4. The minimum absolute atomic E-state index is 1.23. The Balaban J connectivity index is 2.76. The third kappa shape index (κ3) is 3.09. The van der Waals surface area contributed by atoms with E-state index < -0.39 is 0 Å². The zero-order valence-corrected chi connectivity index (χ0v) is 9.04. The number of H-pyrrole nitrogens is 1. The summed E-state index contributed by atoms with van der Waals surface area (Å²) in [4.78, 5) is 3.05. The third-order valence-electron chi connectivity index (χ3n) is 1.95. The lowest BCUT2D eigenvalue weighted by molar-refractivity contribution is 1.39. The molecular formula is C13H17N. The maximum Gasteiger partial charge on any atom is 0.00840 e. The van der Waals surface area contributed by atoms with E-state index in [0.717, 1.165) is 0 Å².